The third kappa shape index (κ3) is 4.49. The molecule has 0 N–H and O–H groups in total. The molecule has 0 spiro atoms. The largest absolute Gasteiger partial charge is 0.378 e. The van der Waals surface area contributed by atoms with Crippen molar-refractivity contribution in [2.24, 2.45) is 0 Å². The standard InChI is InChI=1S/C19H33N3O3/c1-8-24-13-16(17(23)21-15(3)12-14(2)20-21)25-22-18(4,5)10-9-11-19(22,6)7/h12,16H,8-11,13H2,1-7H3. The fourth-order valence-electron chi connectivity index (χ4n) is 3.75. The number of carbonyl (C=O) groups is 1. The molecule has 2 heterocycles. The van der Waals surface area contributed by atoms with Gasteiger partial charge in [-0.15, -0.1) is 0 Å². The molecule has 0 radical (unpaired) electrons. The van der Waals surface area contributed by atoms with Gasteiger partial charge in [-0.1, -0.05) is 0 Å². The normalized spacial score (nSPS) is 21.2. The van der Waals surface area contributed by atoms with E-state index in [0.717, 1.165) is 30.7 Å². The van der Waals surface area contributed by atoms with Gasteiger partial charge in [-0.05, 0) is 73.8 Å². The van der Waals surface area contributed by atoms with Crippen molar-refractivity contribution in [3.63, 3.8) is 0 Å². The SMILES string of the molecule is CCOCC(ON1C(C)(C)CCCC1(C)C)C(=O)n1nc(C)cc1C. The number of nitrogens with zero attached hydrogens (tertiary/aromatic N) is 3. The van der Waals surface area contributed by atoms with Crippen molar-refractivity contribution in [3.8, 4) is 0 Å². The topological polar surface area (TPSA) is 56.6 Å². The first-order valence-corrected chi connectivity index (χ1v) is 9.21. The van der Waals surface area contributed by atoms with Gasteiger partial charge < -0.3 is 4.74 Å². The van der Waals surface area contributed by atoms with Gasteiger partial charge in [0, 0.05) is 23.4 Å². The molecule has 0 amide bonds. The summed E-state index contributed by atoms with van der Waals surface area (Å²) in [6.45, 7) is 15.1. The van der Waals surface area contributed by atoms with Gasteiger partial charge >= 0.3 is 0 Å². The van der Waals surface area contributed by atoms with Crippen molar-refractivity contribution in [1.29, 1.82) is 0 Å². The van der Waals surface area contributed by atoms with E-state index in [2.05, 4.69) is 32.8 Å². The lowest BCUT2D eigenvalue weighted by atomic mass is 9.82. The summed E-state index contributed by atoms with van der Waals surface area (Å²) in [6.07, 6.45) is 2.51. The van der Waals surface area contributed by atoms with Crippen LogP contribution < -0.4 is 0 Å². The third-order valence-corrected chi connectivity index (χ3v) is 4.88. The Labute approximate surface area is 151 Å². The average molecular weight is 351 g/mol. The van der Waals surface area contributed by atoms with Crippen molar-refractivity contribution in [3.05, 3.63) is 17.5 Å². The second-order valence-electron chi connectivity index (χ2n) is 8.20. The Kier molecular flexibility index (Phi) is 6.07. The van der Waals surface area contributed by atoms with E-state index in [1.165, 1.54) is 4.68 Å². The Morgan fingerprint density at radius 1 is 1.24 bits per heavy atom. The highest BCUT2D eigenvalue weighted by atomic mass is 16.7. The van der Waals surface area contributed by atoms with Crippen molar-refractivity contribution in [1.82, 2.24) is 14.8 Å². The molecular weight excluding hydrogens is 318 g/mol. The van der Waals surface area contributed by atoms with Gasteiger partial charge in [0.2, 0.25) is 0 Å². The highest BCUT2D eigenvalue weighted by Crippen LogP contribution is 2.38. The summed E-state index contributed by atoms with van der Waals surface area (Å²) in [5, 5.41) is 6.33. The van der Waals surface area contributed by atoms with Crippen LogP contribution in [0.5, 0.6) is 0 Å². The van der Waals surface area contributed by atoms with Crippen LogP contribution in [0.3, 0.4) is 0 Å². The van der Waals surface area contributed by atoms with Crippen LogP contribution in [0.15, 0.2) is 6.07 Å². The van der Waals surface area contributed by atoms with Crippen LogP contribution in [-0.4, -0.2) is 51.1 Å². The van der Waals surface area contributed by atoms with Crippen LogP contribution in [0.25, 0.3) is 0 Å². The Balaban J connectivity index is 2.27. The van der Waals surface area contributed by atoms with E-state index in [-0.39, 0.29) is 23.6 Å². The molecule has 1 saturated heterocycles. The van der Waals surface area contributed by atoms with Crippen LogP contribution in [0.2, 0.25) is 0 Å². The van der Waals surface area contributed by atoms with Crippen molar-refractivity contribution >= 4 is 5.91 Å². The molecule has 25 heavy (non-hydrogen) atoms. The molecule has 1 aliphatic rings. The Morgan fingerprint density at radius 3 is 2.32 bits per heavy atom. The zero-order chi connectivity index (χ0) is 18.8. The monoisotopic (exact) mass is 351 g/mol. The maximum atomic E-state index is 13.0. The summed E-state index contributed by atoms with van der Waals surface area (Å²) in [7, 11) is 0. The number of piperidine rings is 1. The van der Waals surface area contributed by atoms with E-state index in [4.69, 9.17) is 9.57 Å². The molecule has 0 bridgehead atoms. The van der Waals surface area contributed by atoms with E-state index in [1.54, 1.807) is 0 Å². The molecule has 1 aromatic heterocycles. The summed E-state index contributed by atoms with van der Waals surface area (Å²) < 4.78 is 6.98. The predicted molar refractivity (Wildman–Crippen MR) is 97.5 cm³/mol. The minimum Gasteiger partial charge on any atom is -0.378 e. The van der Waals surface area contributed by atoms with Gasteiger partial charge in [0.1, 0.15) is 0 Å². The van der Waals surface area contributed by atoms with Gasteiger partial charge in [-0.2, -0.15) is 10.2 Å². The summed E-state index contributed by atoms with van der Waals surface area (Å²) in [5.41, 5.74) is 1.35. The highest BCUT2D eigenvalue weighted by Gasteiger charge is 2.44. The third-order valence-electron chi connectivity index (χ3n) is 4.88. The molecule has 0 aliphatic carbocycles. The Bertz CT molecular complexity index is 591. The zero-order valence-electron chi connectivity index (χ0n) is 16.8. The molecule has 6 nitrogen and oxygen atoms in total. The highest BCUT2D eigenvalue weighted by molar-refractivity contribution is 5.83. The summed E-state index contributed by atoms with van der Waals surface area (Å²) >= 11 is 0. The van der Waals surface area contributed by atoms with Gasteiger partial charge in [0.25, 0.3) is 5.91 Å². The van der Waals surface area contributed by atoms with E-state index >= 15 is 0 Å². The van der Waals surface area contributed by atoms with Crippen LogP contribution in [0, 0.1) is 13.8 Å². The van der Waals surface area contributed by atoms with Crippen LogP contribution in [-0.2, 0) is 9.57 Å². The average Bonchev–Trinajstić information content (AvgIpc) is 2.83. The minimum atomic E-state index is -0.713. The predicted octanol–water partition coefficient (Wildman–Crippen LogP) is 3.52. The van der Waals surface area contributed by atoms with Crippen LogP contribution in [0.1, 0.15) is 70.1 Å². The fraction of sp³-hybridized carbons (Fsp3) is 0.789. The zero-order valence-corrected chi connectivity index (χ0v) is 16.8. The summed E-state index contributed by atoms with van der Waals surface area (Å²) in [5.74, 6) is -0.184. The van der Waals surface area contributed by atoms with Gasteiger partial charge in [0.15, 0.2) is 6.10 Å². The number of rotatable bonds is 6. The van der Waals surface area contributed by atoms with Crippen molar-refractivity contribution < 1.29 is 14.4 Å². The first kappa shape index (κ1) is 20.1. The minimum absolute atomic E-state index is 0.137. The van der Waals surface area contributed by atoms with E-state index in [9.17, 15) is 4.79 Å². The first-order valence-electron chi connectivity index (χ1n) is 9.21. The van der Waals surface area contributed by atoms with Crippen LogP contribution >= 0.6 is 0 Å². The molecule has 142 valence electrons. The van der Waals surface area contributed by atoms with E-state index in [1.807, 2.05) is 31.9 Å². The van der Waals surface area contributed by atoms with E-state index < -0.39 is 6.10 Å². The van der Waals surface area contributed by atoms with Gasteiger partial charge in [-0.25, -0.2) is 4.68 Å². The molecule has 0 saturated carbocycles. The second-order valence-corrected chi connectivity index (χ2v) is 8.20. The van der Waals surface area contributed by atoms with Crippen LogP contribution in [0.4, 0.5) is 0 Å². The smallest absolute Gasteiger partial charge is 0.280 e. The van der Waals surface area contributed by atoms with Crippen molar-refractivity contribution in [2.75, 3.05) is 13.2 Å². The lowest BCUT2D eigenvalue weighted by Crippen LogP contribution is -2.60. The number of hydrogen-bond acceptors (Lipinski definition) is 5. The van der Waals surface area contributed by atoms with Gasteiger partial charge in [0.05, 0.1) is 12.3 Å². The summed E-state index contributed by atoms with van der Waals surface area (Å²) in [6, 6.07) is 1.89. The molecule has 1 fully saturated rings. The molecule has 1 aliphatic heterocycles. The number of carbonyl (C=O) groups excluding carboxylic acids is 1. The maximum absolute atomic E-state index is 13.0. The number of hydrogen-bond donors (Lipinski definition) is 0. The number of ether oxygens (including phenoxy) is 1. The molecule has 1 aromatic rings. The molecule has 2 rings (SSSR count). The second kappa shape index (κ2) is 7.56. The van der Waals surface area contributed by atoms with E-state index in [0.29, 0.717) is 6.61 Å². The number of aryl methyl sites for hydroxylation is 2. The molecule has 1 unspecified atom stereocenters. The maximum Gasteiger partial charge on any atom is 0.280 e. The number of hydroxylamine groups is 2. The lowest BCUT2D eigenvalue weighted by molar-refractivity contribution is -0.300. The number of aromatic nitrogens is 2. The fourth-order valence-corrected chi connectivity index (χ4v) is 3.75. The first-order chi connectivity index (χ1) is 11.6. The molecule has 0 aromatic carbocycles. The Morgan fingerprint density at radius 2 is 1.84 bits per heavy atom. The van der Waals surface area contributed by atoms with Crippen molar-refractivity contribution in [2.45, 2.75) is 84.9 Å². The lowest BCUT2D eigenvalue weighted by Gasteiger charge is -2.52. The molecule has 1 atom stereocenters. The summed E-state index contributed by atoms with van der Waals surface area (Å²) in [4.78, 5) is 19.4. The molecule has 6 heteroatoms. The quantitative estimate of drug-likeness (QED) is 0.785. The molecular formula is C19H33N3O3. The van der Waals surface area contributed by atoms with Gasteiger partial charge in [-0.3, -0.25) is 9.63 Å². The Hall–Kier alpha value is -1.24.